The summed E-state index contributed by atoms with van der Waals surface area (Å²) >= 11 is 1.91. The summed E-state index contributed by atoms with van der Waals surface area (Å²) in [4.78, 5) is 0. The smallest absolute Gasteiger partial charge is 0.0541 e. The van der Waals surface area contributed by atoms with Crippen molar-refractivity contribution in [2.24, 2.45) is 0 Å². The van der Waals surface area contributed by atoms with Crippen molar-refractivity contribution in [3.05, 3.63) is 12.7 Å². The minimum atomic E-state index is -0.0387. The van der Waals surface area contributed by atoms with Crippen molar-refractivity contribution in [2.75, 3.05) is 18.1 Å². The van der Waals surface area contributed by atoms with E-state index in [-0.39, 0.29) is 6.10 Å². The molecule has 2 nitrogen and oxygen atoms in total. The molecule has 0 aromatic heterocycles. The molecule has 0 spiro atoms. The van der Waals surface area contributed by atoms with Gasteiger partial charge in [0.25, 0.3) is 0 Å². The number of hydrogen-bond donors (Lipinski definition) is 2. The van der Waals surface area contributed by atoms with Crippen molar-refractivity contribution in [1.29, 1.82) is 0 Å². The molecule has 1 saturated carbocycles. The lowest BCUT2D eigenvalue weighted by molar-refractivity contribution is 0.117. The Bertz CT molecular complexity index is 155. The first kappa shape index (κ1) is 12.1. The average Bonchev–Trinajstić information content (AvgIpc) is 2.21. The fourth-order valence-corrected chi connectivity index (χ4v) is 2.38. The highest BCUT2D eigenvalue weighted by molar-refractivity contribution is 7.99. The number of aliphatic hydroxyl groups is 1. The summed E-state index contributed by atoms with van der Waals surface area (Å²) in [6, 6.07) is 0.641. The summed E-state index contributed by atoms with van der Waals surface area (Å²) in [5.41, 5.74) is 0. The maximum Gasteiger partial charge on any atom is 0.0541 e. The lowest BCUT2D eigenvalue weighted by Crippen LogP contribution is -2.35. The molecule has 0 amide bonds. The van der Waals surface area contributed by atoms with Crippen LogP contribution in [0.2, 0.25) is 0 Å². The van der Waals surface area contributed by atoms with Crippen LogP contribution in [0.15, 0.2) is 12.7 Å². The Morgan fingerprint density at radius 1 is 1.36 bits per heavy atom. The van der Waals surface area contributed by atoms with Crippen LogP contribution in [-0.2, 0) is 0 Å². The SMILES string of the molecule is C=CCSCCNC1CCC(O)CC1. The number of hydrogen-bond acceptors (Lipinski definition) is 3. The zero-order valence-corrected chi connectivity index (χ0v) is 9.56. The van der Waals surface area contributed by atoms with Gasteiger partial charge < -0.3 is 10.4 Å². The highest BCUT2D eigenvalue weighted by atomic mass is 32.2. The lowest BCUT2D eigenvalue weighted by atomic mass is 9.93. The lowest BCUT2D eigenvalue weighted by Gasteiger charge is -2.26. The van der Waals surface area contributed by atoms with Crippen LogP contribution >= 0.6 is 11.8 Å². The second-order valence-electron chi connectivity index (χ2n) is 3.82. The van der Waals surface area contributed by atoms with E-state index in [2.05, 4.69) is 11.9 Å². The largest absolute Gasteiger partial charge is 0.393 e. The van der Waals surface area contributed by atoms with Crippen LogP contribution in [-0.4, -0.2) is 35.3 Å². The molecule has 0 aromatic rings. The van der Waals surface area contributed by atoms with E-state index in [4.69, 9.17) is 0 Å². The van der Waals surface area contributed by atoms with E-state index >= 15 is 0 Å². The predicted octanol–water partition coefficient (Wildman–Crippen LogP) is 1.80. The van der Waals surface area contributed by atoms with E-state index in [1.807, 2.05) is 17.8 Å². The highest BCUT2D eigenvalue weighted by Gasteiger charge is 2.18. The van der Waals surface area contributed by atoms with Gasteiger partial charge in [0.1, 0.15) is 0 Å². The van der Waals surface area contributed by atoms with Gasteiger partial charge in [0.05, 0.1) is 6.10 Å². The third-order valence-corrected chi connectivity index (χ3v) is 3.58. The van der Waals surface area contributed by atoms with Crippen molar-refractivity contribution in [3.8, 4) is 0 Å². The molecule has 3 heteroatoms. The van der Waals surface area contributed by atoms with Gasteiger partial charge in [0.2, 0.25) is 0 Å². The number of aliphatic hydroxyl groups excluding tert-OH is 1. The van der Waals surface area contributed by atoms with E-state index in [9.17, 15) is 5.11 Å². The van der Waals surface area contributed by atoms with Gasteiger partial charge in [0.15, 0.2) is 0 Å². The molecular formula is C11H21NOS. The molecule has 0 radical (unpaired) electrons. The van der Waals surface area contributed by atoms with Crippen molar-refractivity contribution in [3.63, 3.8) is 0 Å². The monoisotopic (exact) mass is 215 g/mol. The fraction of sp³-hybridized carbons (Fsp3) is 0.818. The summed E-state index contributed by atoms with van der Waals surface area (Å²) in [6.45, 7) is 4.77. The van der Waals surface area contributed by atoms with E-state index in [1.54, 1.807) is 0 Å². The standard InChI is InChI=1S/C11H21NOS/c1-2-8-14-9-7-12-10-3-5-11(13)6-4-10/h2,10-13H,1,3-9H2. The first-order valence-electron chi connectivity index (χ1n) is 5.43. The summed E-state index contributed by atoms with van der Waals surface area (Å²) in [7, 11) is 0. The van der Waals surface area contributed by atoms with Crippen LogP contribution in [0.4, 0.5) is 0 Å². The van der Waals surface area contributed by atoms with Crippen molar-refractivity contribution < 1.29 is 5.11 Å². The molecule has 2 N–H and O–H groups in total. The molecule has 1 fully saturated rings. The molecule has 1 aliphatic rings. The molecule has 0 aromatic carbocycles. The molecule has 82 valence electrons. The van der Waals surface area contributed by atoms with Crippen molar-refractivity contribution in [2.45, 2.75) is 37.8 Å². The Balaban J connectivity index is 1.93. The molecule has 0 unspecified atom stereocenters. The van der Waals surface area contributed by atoms with Crippen LogP contribution in [0.1, 0.15) is 25.7 Å². The van der Waals surface area contributed by atoms with E-state index in [0.717, 1.165) is 43.7 Å². The molecular weight excluding hydrogens is 194 g/mol. The third kappa shape index (κ3) is 5.03. The molecule has 14 heavy (non-hydrogen) atoms. The van der Waals surface area contributed by atoms with Gasteiger partial charge in [-0.3, -0.25) is 0 Å². The summed E-state index contributed by atoms with van der Waals surface area (Å²) in [5.74, 6) is 2.20. The normalized spacial score (nSPS) is 27.5. The average molecular weight is 215 g/mol. The third-order valence-electron chi connectivity index (χ3n) is 2.61. The van der Waals surface area contributed by atoms with Crippen LogP contribution in [0.25, 0.3) is 0 Å². The second-order valence-corrected chi connectivity index (χ2v) is 4.97. The summed E-state index contributed by atoms with van der Waals surface area (Å²) < 4.78 is 0. The minimum Gasteiger partial charge on any atom is -0.393 e. The predicted molar refractivity (Wildman–Crippen MR) is 63.8 cm³/mol. The van der Waals surface area contributed by atoms with Gasteiger partial charge in [-0.25, -0.2) is 0 Å². The molecule has 0 bridgehead atoms. The van der Waals surface area contributed by atoms with E-state index in [0.29, 0.717) is 6.04 Å². The first-order valence-corrected chi connectivity index (χ1v) is 6.58. The Hall–Kier alpha value is 0.01000. The molecule has 1 rings (SSSR count). The van der Waals surface area contributed by atoms with E-state index < -0.39 is 0 Å². The summed E-state index contributed by atoms with van der Waals surface area (Å²) in [5, 5.41) is 12.9. The second kappa shape index (κ2) is 7.32. The molecule has 0 heterocycles. The van der Waals surface area contributed by atoms with Gasteiger partial charge in [-0.15, -0.1) is 6.58 Å². The Morgan fingerprint density at radius 3 is 2.71 bits per heavy atom. The van der Waals surface area contributed by atoms with Gasteiger partial charge in [-0.2, -0.15) is 11.8 Å². The molecule has 0 aliphatic heterocycles. The maximum absolute atomic E-state index is 9.33. The van der Waals surface area contributed by atoms with Crippen molar-refractivity contribution in [1.82, 2.24) is 5.32 Å². The van der Waals surface area contributed by atoms with E-state index in [1.165, 1.54) is 0 Å². The van der Waals surface area contributed by atoms with Crippen LogP contribution in [0.5, 0.6) is 0 Å². The van der Waals surface area contributed by atoms with Crippen molar-refractivity contribution >= 4 is 11.8 Å². The quantitative estimate of drug-likeness (QED) is 0.523. The van der Waals surface area contributed by atoms with Crippen LogP contribution in [0, 0.1) is 0 Å². The van der Waals surface area contributed by atoms with Crippen LogP contribution < -0.4 is 5.32 Å². The minimum absolute atomic E-state index is 0.0387. The number of nitrogens with one attached hydrogen (secondary N) is 1. The van der Waals surface area contributed by atoms with Gasteiger partial charge >= 0.3 is 0 Å². The zero-order chi connectivity index (χ0) is 10.2. The highest BCUT2D eigenvalue weighted by Crippen LogP contribution is 2.18. The Kier molecular flexibility index (Phi) is 6.32. The van der Waals surface area contributed by atoms with Gasteiger partial charge in [0, 0.05) is 24.1 Å². The number of rotatable bonds is 6. The van der Waals surface area contributed by atoms with Gasteiger partial charge in [-0.05, 0) is 25.7 Å². The summed E-state index contributed by atoms with van der Waals surface area (Å²) in [6.07, 6.45) is 6.11. The Morgan fingerprint density at radius 2 is 2.07 bits per heavy atom. The van der Waals surface area contributed by atoms with Crippen LogP contribution in [0.3, 0.4) is 0 Å². The Labute approximate surface area is 91.2 Å². The fourth-order valence-electron chi connectivity index (χ4n) is 1.78. The number of thioether (sulfide) groups is 1. The molecule has 0 atom stereocenters. The maximum atomic E-state index is 9.33. The first-order chi connectivity index (χ1) is 6.83. The van der Waals surface area contributed by atoms with Gasteiger partial charge in [-0.1, -0.05) is 6.08 Å². The zero-order valence-electron chi connectivity index (χ0n) is 8.74. The molecule has 0 saturated heterocycles. The topological polar surface area (TPSA) is 32.3 Å². The molecule has 1 aliphatic carbocycles.